The number of H-pyrrole nitrogens is 1. The minimum Gasteiger partial charge on any atom is -0.290 e. The molecule has 0 radical (unpaired) electrons. The van der Waals surface area contributed by atoms with Gasteiger partial charge in [-0.3, -0.25) is 25.0 Å². The second-order valence-corrected chi connectivity index (χ2v) is 16.6. The van der Waals surface area contributed by atoms with Gasteiger partial charge in [-0.25, -0.2) is 15.0 Å². The Labute approximate surface area is 342 Å². The largest absolute Gasteiger partial charge is 0.290 e. The minimum atomic E-state index is -1.37. The van der Waals surface area contributed by atoms with Crippen LogP contribution in [0.2, 0.25) is 0 Å². The molecule has 2 aliphatic carbocycles. The highest BCUT2D eigenvalue weighted by Gasteiger charge is 2.84. The molecule has 1 N–H and O–H groups in total. The fourth-order valence-electron chi connectivity index (χ4n) is 11.5. The van der Waals surface area contributed by atoms with Crippen molar-refractivity contribution in [1.29, 1.82) is 0 Å². The Morgan fingerprint density at radius 2 is 1.48 bits per heavy atom. The number of rotatable bonds is 9. The third-order valence-corrected chi connectivity index (χ3v) is 14.2. The van der Waals surface area contributed by atoms with Crippen LogP contribution in [0.3, 0.4) is 0 Å². The van der Waals surface area contributed by atoms with Crippen molar-refractivity contribution in [3.63, 3.8) is 0 Å². The molecule has 3 aliphatic rings. The van der Waals surface area contributed by atoms with E-state index in [1.165, 1.54) is 11.1 Å². The van der Waals surface area contributed by atoms with Gasteiger partial charge in [0.15, 0.2) is 0 Å². The first-order valence-electron chi connectivity index (χ1n) is 20.4. The van der Waals surface area contributed by atoms with Crippen molar-refractivity contribution < 1.29 is 0 Å². The standard InChI is InChI=1S/C46H45N11S/c1-4-14-34(15-5-1)36-32-43(42-52-28-31-58-42,35-16-6-2-7-17-35)44(38-20-25-54-56-38,40-33-47-26-27-49-40)45(37-19-12-24-53-55-37,41-50-22-13-23-51-41)46(36,39-18-8-9-21-48-39)57-29-10-3-11-30-57/h1,4-5,8-9,12-16,18-28,31,33,36H,2-3,6-7,10-11,17,29-30,32H2,(H,54,56). The number of pyridine rings is 1. The molecule has 5 atom stereocenters. The molecule has 2 fully saturated rings. The lowest BCUT2D eigenvalue weighted by atomic mass is 9.32. The molecular formula is C46H45N11S. The molecule has 1 aliphatic heterocycles. The molecular weight excluding hydrogens is 739 g/mol. The van der Waals surface area contributed by atoms with Crippen molar-refractivity contribution in [3.8, 4) is 0 Å². The molecule has 10 rings (SSSR count). The molecule has 1 saturated carbocycles. The van der Waals surface area contributed by atoms with Crippen LogP contribution in [-0.2, 0) is 21.8 Å². The van der Waals surface area contributed by atoms with Gasteiger partial charge in [0.05, 0.1) is 39.1 Å². The van der Waals surface area contributed by atoms with E-state index >= 15 is 0 Å². The third-order valence-electron chi connectivity index (χ3n) is 13.2. The van der Waals surface area contributed by atoms with Gasteiger partial charge in [0, 0.05) is 67.1 Å². The average Bonchev–Trinajstić information content (AvgIpc) is 4.07. The van der Waals surface area contributed by atoms with Gasteiger partial charge in [-0.2, -0.15) is 15.3 Å². The maximum Gasteiger partial charge on any atom is 0.144 e. The zero-order valence-corrected chi connectivity index (χ0v) is 33.1. The number of aromatic amines is 1. The van der Waals surface area contributed by atoms with E-state index < -0.39 is 21.8 Å². The van der Waals surface area contributed by atoms with E-state index in [9.17, 15) is 0 Å². The summed E-state index contributed by atoms with van der Waals surface area (Å²) in [5.74, 6) is 0.358. The number of piperidine rings is 1. The van der Waals surface area contributed by atoms with Crippen LogP contribution in [0.15, 0.2) is 146 Å². The van der Waals surface area contributed by atoms with Gasteiger partial charge in [0.1, 0.15) is 16.2 Å². The van der Waals surface area contributed by atoms with Gasteiger partial charge in [-0.15, -0.1) is 11.3 Å². The van der Waals surface area contributed by atoms with Crippen molar-refractivity contribution in [2.75, 3.05) is 13.1 Å². The van der Waals surface area contributed by atoms with Crippen LogP contribution >= 0.6 is 11.3 Å². The van der Waals surface area contributed by atoms with Gasteiger partial charge < -0.3 is 0 Å². The van der Waals surface area contributed by atoms with E-state index in [-0.39, 0.29) is 5.92 Å². The highest BCUT2D eigenvalue weighted by Crippen LogP contribution is 2.77. The number of benzene rings is 1. The average molecular weight is 784 g/mol. The van der Waals surface area contributed by atoms with E-state index in [0.717, 1.165) is 80.1 Å². The lowest BCUT2D eigenvalue weighted by Crippen LogP contribution is -2.80. The fourth-order valence-corrected chi connectivity index (χ4v) is 12.5. The minimum absolute atomic E-state index is 0.230. The molecule has 7 heterocycles. The molecule has 0 spiro atoms. The summed E-state index contributed by atoms with van der Waals surface area (Å²) < 4.78 is 0. The maximum atomic E-state index is 5.50. The number of aromatic nitrogens is 10. The first-order chi connectivity index (χ1) is 28.8. The fraction of sp³-hybridized carbons (Fsp3) is 0.326. The van der Waals surface area contributed by atoms with E-state index in [1.54, 1.807) is 23.7 Å². The highest BCUT2D eigenvalue weighted by atomic mass is 32.1. The van der Waals surface area contributed by atoms with Crippen LogP contribution in [-0.4, -0.2) is 68.3 Å². The molecule has 58 heavy (non-hydrogen) atoms. The quantitative estimate of drug-likeness (QED) is 0.144. The zero-order chi connectivity index (χ0) is 38.9. The number of nitrogens with zero attached hydrogens (tertiary/aromatic N) is 10. The van der Waals surface area contributed by atoms with Gasteiger partial charge in [-0.1, -0.05) is 54.5 Å². The normalized spacial score (nSPS) is 27.8. The van der Waals surface area contributed by atoms with Crippen LogP contribution in [0.25, 0.3) is 0 Å². The first kappa shape index (κ1) is 36.5. The van der Waals surface area contributed by atoms with Crippen LogP contribution < -0.4 is 0 Å². The van der Waals surface area contributed by atoms with Crippen molar-refractivity contribution in [3.05, 3.63) is 185 Å². The topological polar surface area (TPSA) is 135 Å². The van der Waals surface area contributed by atoms with Gasteiger partial charge in [-0.05, 0) is 100.0 Å². The maximum absolute atomic E-state index is 5.50. The van der Waals surface area contributed by atoms with Crippen molar-refractivity contribution >= 4 is 11.3 Å². The second-order valence-electron chi connectivity index (χ2n) is 15.7. The van der Waals surface area contributed by atoms with Gasteiger partial charge in [0.25, 0.3) is 0 Å². The Morgan fingerprint density at radius 1 is 0.655 bits per heavy atom. The SMILES string of the molecule is C1=C(C2(c3nccs3)CC(c3ccccc3)C(c3ccccn3)(N3CCCCC3)C(c3cccnn3)(c3ncccn3)C2(c2cnccn2)c2ccn[nH]2)CCCC1. The molecule has 5 unspecified atom stereocenters. The monoisotopic (exact) mass is 783 g/mol. The molecule has 1 aromatic carbocycles. The molecule has 6 aromatic heterocycles. The number of likely N-dealkylation sites (tertiary alicyclic amines) is 1. The number of hydrogen-bond acceptors (Lipinski definition) is 11. The number of hydrogen-bond donors (Lipinski definition) is 1. The third kappa shape index (κ3) is 5.10. The molecule has 11 nitrogen and oxygen atoms in total. The van der Waals surface area contributed by atoms with E-state index in [4.69, 9.17) is 45.2 Å². The van der Waals surface area contributed by atoms with Crippen molar-refractivity contribution in [2.24, 2.45) is 0 Å². The van der Waals surface area contributed by atoms with Crippen LogP contribution in [0, 0.1) is 0 Å². The lowest BCUT2D eigenvalue weighted by molar-refractivity contribution is -0.106. The number of nitrogens with one attached hydrogen (secondary N) is 1. The van der Waals surface area contributed by atoms with E-state index in [0.29, 0.717) is 17.9 Å². The summed E-state index contributed by atoms with van der Waals surface area (Å²) in [4.78, 5) is 35.0. The molecule has 7 aromatic rings. The summed E-state index contributed by atoms with van der Waals surface area (Å²) in [6.45, 7) is 1.64. The Balaban J connectivity index is 1.57. The van der Waals surface area contributed by atoms with E-state index in [2.05, 4.69) is 76.1 Å². The Bertz CT molecular complexity index is 2390. The smallest absolute Gasteiger partial charge is 0.144 e. The first-order valence-corrected chi connectivity index (χ1v) is 21.3. The molecule has 290 valence electrons. The summed E-state index contributed by atoms with van der Waals surface area (Å²) in [5.41, 5.74) is 1.14. The molecule has 12 heteroatoms. The van der Waals surface area contributed by atoms with Crippen LogP contribution in [0.1, 0.15) is 96.5 Å². The van der Waals surface area contributed by atoms with Crippen molar-refractivity contribution in [1.82, 2.24) is 55.2 Å². The highest BCUT2D eigenvalue weighted by molar-refractivity contribution is 7.09. The predicted octanol–water partition coefficient (Wildman–Crippen LogP) is 7.91. The summed E-state index contributed by atoms with van der Waals surface area (Å²) in [5, 5.41) is 21.6. The molecule has 0 amide bonds. The summed E-state index contributed by atoms with van der Waals surface area (Å²) in [6.07, 6.45) is 27.1. The van der Waals surface area contributed by atoms with Gasteiger partial charge in [0.2, 0.25) is 0 Å². The summed E-state index contributed by atoms with van der Waals surface area (Å²) in [7, 11) is 0. The lowest BCUT2D eigenvalue weighted by Gasteiger charge is -2.72. The molecule has 1 saturated heterocycles. The van der Waals surface area contributed by atoms with Crippen LogP contribution in [0.4, 0.5) is 0 Å². The number of thiazole rings is 1. The summed E-state index contributed by atoms with van der Waals surface area (Å²) >= 11 is 1.70. The van der Waals surface area contributed by atoms with Gasteiger partial charge >= 0.3 is 0 Å². The van der Waals surface area contributed by atoms with Crippen molar-refractivity contribution in [2.45, 2.75) is 79.1 Å². The summed E-state index contributed by atoms with van der Waals surface area (Å²) in [6, 6.07) is 25.5. The number of allylic oxidation sites excluding steroid dienone is 2. The Hall–Kier alpha value is -5.85. The molecule has 0 bridgehead atoms. The zero-order valence-electron chi connectivity index (χ0n) is 32.3. The van der Waals surface area contributed by atoms with Crippen LogP contribution in [0.5, 0.6) is 0 Å². The predicted molar refractivity (Wildman–Crippen MR) is 222 cm³/mol. The Morgan fingerprint density at radius 3 is 2.17 bits per heavy atom. The second kappa shape index (κ2) is 15.1. The Kier molecular flexibility index (Phi) is 9.53. The van der Waals surface area contributed by atoms with E-state index in [1.807, 2.05) is 61.6 Å².